The van der Waals surface area contributed by atoms with E-state index in [4.69, 9.17) is 10.5 Å². The van der Waals surface area contributed by atoms with Crippen LogP contribution in [0.15, 0.2) is 18.2 Å². The van der Waals surface area contributed by atoms with Crippen molar-refractivity contribution in [3.63, 3.8) is 0 Å². The molecule has 0 bridgehead atoms. The van der Waals surface area contributed by atoms with Gasteiger partial charge in [-0.1, -0.05) is 13.8 Å². The molecule has 2 rings (SSSR count). The lowest BCUT2D eigenvalue weighted by Gasteiger charge is -2.21. The van der Waals surface area contributed by atoms with Crippen molar-refractivity contribution in [2.45, 2.75) is 26.7 Å². The van der Waals surface area contributed by atoms with Crippen molar-refractivity contribution in [2.75, 3.05) is 25.0 Å². The largest absolute Gasteiger partial charge is 0.493 e. The summed E-state index contributed by atoms with van der Waals surface area (Å²) < 4.78 is 5.62. The maximum Gasteiger partial charge on any atom is 0.122 e. The van der Waals surface area contributed by atoms with E-state index in [1.165, 1.54) is 11.3 Å². The lowest BCUT2D eigenvalue weighted by Crippen LogP contribution is -2.27. The van der Waals surface area contributed by atoms with Crippen LogP contribution < -0.4 is 15.8 Å². The monoisotopic (exact) mass is 248 g/mol. The number of nitrogens with two attached hydrogens (primary N) is 1. The number of nitrogens with one attached hydrogen (secondary N) is 1. The quantitative estimate of drug-likeness (QED) is 0.842. The molecule has 1 aromatic rings. The molecular formula is C15H24N2O. The van der Waals surface area contributed by atoms with Gasteiger partial charge in [-0.3, -0.25) is 0 Å². The first-order valence-corrected chi connectivity index (χ1v) is 6.90. The van der Waals surface area contributed by atoms with Gasteiger partial charge in [0, 0.05) is 12.2 Å². The van der Waals surface area contributed by atoms with Crippen LogP contribution in [0, 0.1) is 11.8 Å². The van der Waals surface area contributed by atoms with Gasteiger partial charge in [-0.05, 0) is 55.0 Å². The number of fused-ring (bicyclic) bond motifs is 1. The van der Waals surface area contributed by atoms with Crippen LogP contribution in [0.2, 0.25) is 0 Å². The molecule has 1 aromatic carbocycles. The summed E-state index contributed by atoms with van der Waals surface area (Å²) in [6.07, 6.45) is 2.24. The summed E-state index contributed by atoms with van der Waals surface area (Å²) >= 11 is 0. The summed E-state index contributed by atoms with van der Waals surface area (Å²) in [5, 5.41) is 3.49. The van der Waals surface area contributed by atoms with Gasteiger partial charge >= 0.3 is 0 Å². The average molecular weight is 248 g/mol. The summed E-state index contributed by atoms with van der Waals surface area (Å²) in [7, 11) is 0. The van der Waals surface area contributed by atoms with E-state index in [0.29, 0.717) is 11.8 Å². The fraction of sp³-hybridized carbons (Fsp3) is 0.600. The number of ether oxygens (including phenoxy) is 1. The Kier molecular flexibility index (Phi) is 4.48. The maximum atomic E-state index is 5.79. The highest BCUT2D eigenvalue weighted by Gasteiger charge is 2.13. The molecule has 1 unspecified atom stereocenters. The van der Waals surface area contributed by atoms with Crippen LogP contribution in [0.25, 0.3) is 0 Å². The van der Waals surface area contributed by atoms with E-state index in [1.54, 1.807) is 0 Å². The highest BCUT2D eigenvalue weighted by Crippen LogP contribution is 2.27. The Bertz CT molecular complexity index is 390. The van der Waals surface area contributed by atoms with Crippen molar-refractivity contribution in [1.29, 1.82) is 0 Å². The van der Waals surface area contributed by atoms with E-state index in [0.717, 1.165) is 38.3 Å². The van der Waals surface area contributed by atoms with Crippen LogP contribution >= 0.6 is 0 Å². The molecule has 0 aromatic heterocycles. The van der Waals surface area contributed by atoms with E-state index in [2.05, 4.69) is 37.4 Å². The highest BCUT2D eigenvalue weighted by atomic mass is 16.5. The minimum absolute atomic E-state index is 0.525. The van der Waals surface area contributed by atoms with Crippen molar-refractivity contribution in [3.8, 4) is 5.75 Å². The molecule has 3 heteroatoms. The van der Waals surface area contributed by atoms with Crippen molar-refractivity contribution in [3.05, 3.63) is 23.8 Å². The second-order valence-corrected chi connectivity index (χ2v) is 5.40. The zero-order chi connectivity index (χ0) is 13.0. The molecule has 3 nitrogen and oxygen atoms in total. The standard InChI is InChI=1S/C15H24N2O/c1-11(2)13(9-16)10-17-14-5-6-15-12(8-14)4-3-7-18-15/h5-6,8,11,13,17H,3-4,7,9-10,16H2,1-2H3. The summed E-state index contributed by atoms with van der Waals surface area (Å²) in [6.45, 7) is 6.97. The third-order valence-electron chi connectivity index (χ3n) is 3.72. The van der Waals surface area contributed by atoms with Gasteiger partial charge in [0.1, 0.15) is 5.75 Å². The average Bonchev–Trinajstić information content (AvgIpc) is 2.39. The van der Waals surface area contributed by atoms with Gasteiger partial charge in [0.05, 0.1) is 6.61 Å². The van der Waals surface area contributed by atoms with Gasteiger partial charge in [-0.2, -0.15) is 0 Å². The molecule has 0 saturated carbocycles. The van der Waals surface area contributed by atoms with Crippen LogP contribution in [0.1, 0.15) is 25.8 Å². The van der Waals surface area contributed by atoms with Crippen molar-refractivity contribution in [2.24, 2.45) is 17.6 Å². The minimum atomic E-state index is 0.525. The first-order valence-electron chi connectivity index (χ1n) is 6.90. The van der Waals surface area contributed by atoms with Crippen LogP contribution in [-0.4, -0.2) is 19.7 Å². The molecule has 1 aliphatic rings. The lowest BCUT2D eigenvalue weighted by molar-refractivity contribution is 0.288. The third-order valence-corrected chi connectivity index (χ3v) is 3.72. The molecule has 3 N–H and O–H groups in total. The highest BCUT2D eigenvalue weighted by molar-refractivity contribution is 5.51. The van der Waals surface area contributed by atoms with Gasteiger partial charge in [0.25, 0.3) is 0 Å². The Morgan fingerprint density at radius 1 is 1.39 bits per heavy atom. The Morgan fingerprint density at radius 2 is 2.22 bits per heavy atom. The third kappa shape index (κ3) is 3.16. The minimum Gasteiger partial charge on any atom is -0.493 e. The number of anilines is 1. The summed E-state index contributed by atoms with van der Waals surface area (Å²) in [6, 6.07) is 6.38. The second kappa shape index (κ2) is 6.10. The van der Waals surface area contributed by atoms with Crippen LogP contribution in [0.4, 0.5) is 5.69 Å². The van der Waals surface area contributed by atoms with E-state index in [1.807, 2.05) is 0 Å². The molecule has 0 saturated heterocycles. The van der Waals surface area contributed by atoms with E-state index >= 15 is 0 Å². The molecular weight excluding hydrogens is 224 g/mol. The molecule has 18 heavy (non-hydrogen) atoms. The fourth-order valence-corrected chi connectivity index (χ4v) is 2.31. The van der Waals surface area contributed by atoms with Gasteiger partial charge in [-0.15, -0.1) is 0 Å². The van der Waals surface area contributed by atoms with E-state index in [-0.39, 0.29) is 0 Å². The first kappa shape index (κ1) is 13.2. The molecule has 0 fully saturated rings. The predicted octanol–water partition coefficient (Wildman–Crippen LogP) is 2.65. The lowest BCUT2D eigenvalue weighted by atomic mass is 9.96. The Labute approximate surface area is 110 Å². The SMILES string of the molecule is CC(C)C(CN)CNc1ccc2c(c1)CCCO2. The number of aryl methyl sites for hydroxylation is 1. The molecule has 0 aliphatic carbocycles. The zero-order valence-electron chi connectivity index (χ0n) is 11.4. The predicted molar refractivity (Wildman–Crippen MR) is 76.1 cm³/mol. The molecule has 1 atom stereocenters. The topological polar surface area (TPSA) is 47.3 Å². The summed E-state index contributed by atoms with van der Waals surface area (Å²) in [4.78, 5) is 0. The second-order valence-electron chi connectivity index (χ2n) is 5.40. The number of rotatable bonds is 5. The van der Waals surface area contributed by atoms with Gasteiger partial charge in [0.2, 0.25) is 0 Å². The zero-order valence-corrected chi connectivity index (χ0v) is 11.4. The molecule has 0 spiro atoms. The first-order chi connectivity index (χ1) is 8.70. The van der Waals surface area contributed by atoms with Crippen molar-refractivity contribution >= 4 is 5.69 Å². The molecule has 0 radical (unpaired) electrons. The normalized spacial score (nSPS) is 16.0. The number of hydrogen-bond acceptors (Lipinski definition) is 3. The smallest absolute Gasteiger partial charge is 0.122 e. The van der Waals surface area contributed by atoms with Crippen LogP contribution in [0.5, 0.6) is 5.75 Å². The molecule has 1 heterocycles. The maximum absolute atomic E-state index is 5.79. The molecule has 1 aliphatic heterocycles. The fourth-order valence-electron chi connectivity index (χ4n) is 2.31. The van der Waals surface area contributed by atoms with Crippen LogP contribution in [0.3, 0.4) is 0 Å². The number of hydrogen-bond donors (Lipinski definition) is 2. The van der Waals surface area contributed by atoms with Gasteiger partial charge < -0.3 is 15.8 Å². The number of benzene rings is 1. The summed E-state index contributed by atoms with van der Waals surface area (Å²) in [5.74, 6) is 2.19. The molecule has 100 valence electrons. The van der Waals surface area contributed by atoms with Crippen LogP contribution in [-0.2, 0) is 6.42 Å². The van der Waals surface area contributed by atoms with E-state index in [9.17, 15) is 0 Å². The molecule has 0 amide bonds. The van der Waals surface area contributed by atoms with Gasteiger partial charge in [0.15, 0.2) is 0 Å². The summed E-state index contributed by atoms with van der Waals surface area (Å²) in [5.41, 5.74) is 8.29. The van der Waals surface area contributed by atoms with Crippen molar-refractivity contribution < 1.29 is 4.74 Å². The Morgan fingerprint density at radius 3 is 2.94 bits per heavy atom. The van der Waals surface area contributed by atoms with Crippen molar-refractivity contribution in [1.82, 2.24) is 0 Å². The van der Waals surface area contributed by atoms with E-state index < -0.39 is 0 Å². The Balaban J connectivity index is 1.97. The Hall–Kier alpha value is -1.22. The van der Waals surface area contributed by atoms with Gasteiger partial charge in [-0.25, -0.2) is 0 Å².